The second-order valence-corrected chi connectivity index (χ2v) is 6.17. The van der Waals surface area contributed by atoms with E-state index in [0.29, 0.717) is 11.4 Å². The molecule has 2 heterocycles. The van der Waals surface area contributed by atoms with Crippen LogP contribution in [0.2, 0.25) is 0 Å². The molecule has 0 bridgehead atoms. The molecule has 21 heavy (non-hydrogen) atoms. The number of carboxylic acid groups (broad SMARTS) is 1. The van der Waals surface area contributed by atoms with Crippen molar-refractivity contribution in [2.24, 2.45) is 7.05 Å². The molecule has 0 fully saturated rings. The maximum Gasteiger partial charge on any atom is 0.305 e. The largest absolute Gasteiger partial charge is 0.481 e. The number of nitrogens with zero attached hydrogens (tertiary/aromatic N) is 4. The van der Waals surface area contributed by atoms with Gasteiger partial charge < -0.3 is 5.11 Å². The number of anilines is 1. The van der Waals surface area contributed by atoms with E-state index >= 15 is 0 Å². The van der Waals surface area contributed by atoms with Gasteiger partial charge in [-0.05, 0) is 6.92 Å². The standard InChI is InChI=1S/C11H15N5O4S/c1-8-10(7-15(2)13-8)14-21(19,20)9-5-12-16(6-9)4-3-11(17)18/h5-7,14H,3-4H2,1-2H3,(H,17,18). The summed E-state index contributed by atoms with van der Waals surface area (Å²) in [6.07, 6.45) is 3.89. The second kappa shape index (κ2) is 5.56. The van der Waals surface area contributed by atoms with Crippen molar-refractivity contribution in [2.75, 3.05) is 4.72 Å². The van der Waals surface area contributed by atoms with E-state index in [1.54, 1.807) is 20.2 Å². The molecule has 114 valence electrons. The van der Waals surface area contributed by atoms with Crippen molar-refractivity contribution < 1.29 is 18.3 Å². The monoisotopic (exact) mass is 313 g/mol. The number of hydrogen-bond donors (Lipinski definition) is 2. The molecule has 10 heteroatoms. The van der Waals surface area contributed by atoms with Crippen LogP contribution in [0.15, 0.2) is 23.5 Å². The van der Waals surface area contributed by atoms with Gasteiger partial charge in [-0.2, -0.15) is 10.2 Å². The summed E-state index contributed by atoms with van der Waals surface area (Å²) in [5, 5.41) is 16.5. The summed E-state index contributed by atoms with van der Waals surface area (Å²) in [7, 11) is -2.09. The molecule has 9 nitrogen and oxygen atoms in total. The molecule has 0 aliphatic carbocycles. The first-order chi connectivity index (χ1) is 9.78. The van der Waals surface area contributed by atoms with E-state index in [-0.39, 0.29) is 17.9 Å². The van der Waals surface area contributed by atoms with Crippen LogP contribution in [-0.4, -0.2) is 39.1 Å². The fraction of sp³-hybridized carbons (Fsp3) is 0.364. The van der Waals surface area contributed by atoms with Crippen molar-refractivity contribution in [3.05, 3.63) is 24.3 Å². The Morgan fingerprint density at radius 1 is 1.43 bits per heavy atom. The minimum Gasteiger partial charge on any atom is -0.481 e. The van der Waals surface area contributed by atoms with Crippen molar-refractivity contribution in [1.82, 2.24) is 19.6 Å². The SMILES string of the molecule is Cc1nn(C)cc1NS(=O)(=O)c1cnn(CCC(=O)O)c1. The van der Waals surface area contributed by atoms with Gasteiger partial charge in [-0.15, -0.1) is 0 Å². The van der Waals surface area contributed by atoms with Gasteiger partial charge in [0.2, 0.25) is 0 Å². The molecule has 0 unspecified atom stereocenters. The number of sulfonamides is 1. The highest BCUT2D eigenvalue weighted by Gasteiger charge is 2.19. The van der Waals surface area contributed by atoms with E-state index < -0.39 is 16.0 Å². The second-order valence-electron chi connectivity index (χ2n) is 4.49. The van der Waals surface area contributed by atoms with Crippen LogP contribution in [-0.2, 0) is 28.4 Å². The lowest BCUT2D eigenvalue weighted by atomic mass is 10.4. The number of carbonyl (C=O) groups is 1. The minimum atomic E-state index is -3.77. The number of nitrogens with one attached hydrogen (secondary N) is 1. The van der Waals surface area contributed by atoms with Gasteiger partial charge >= 0.3 is 5.97 Å². The Balaban J connectivity index is 2.16. The van der Waals surface area contributed by atoms with Crippen LogP contribution in [0.1, 0.15) is 12.1 Å². The molecule has 0 saturated heterocycles. The number of aryl methyl sites for hydroxylation is 3. The summed E-state index contributed by atoms with van der Waals surface area (Å²) >= 11 is 0. The van der Waals surface area contributed by atoms with E-state index in [1.807, 2.05) is 0 Å². The molecule has 2 N–H and O–H groups in total. The normalized spacial score (nSPS) is 11.5. The van der Waals surface area contributed by atoms with Crippen molar-refractivity contribution >= 4 is 21.7 Å². The fourth-order valence-corrected chi connectivity index (χ4v) is 2.77. The van der Waals surface area contributed by atoms with Crippen molar-refractivity contribution in [2.45, 2.75) is 24.8 Å². The molecule has 2 rings (SSSR count). The molecule has 2 aromatic rings. The predicted molar refractivity (Wildman–Crippen MR) is 73.2 cm³/mol. The zero-order chi connectivity index (χ0) is 15.6. The van der Waals surface area contributed by atoms with Crippen molar-refractivity contribution in [3.63, 3.8) is 0 Å². The molecule has 0 aliphatic rings. The number of aromatic nitrogens is 4. The highest BCUT2D eigenvalue weighted by molar-refractivity contribution is 7.92. The van der Waals surface area contributed by atoms with Crippen LogP contribution in [0.4, 0.5) is 5.69 Å². The van der Waals surface area contributed by atoms with Gasteiger partial charge in [0.25, 0.3) is 10.0 Å². The van der Waals surface area contributed by atoms with Gasteiger partial charge in [-0.25, -0.2) is 8.42 Å². The molecular formula is C11H15N5O4S. The molecule has 0 spiro atoms. The van der Waals surface area contributed by atoms with Crippen LogP contribution in [0.25, 0.3) is 0 Å². The first-order valence-corrected chi connectivity index (χ1v) is 7.53. The molecule has 0 aromatic carbocycles. The van der Waals surface area contributed by atoms with Crippen molar-refractivity contribution in [3.8, 4) is 0 Å². The summed E-state index contributed by atoms with van der Waals surface area (Å²) in [5.74, 6) is -0.973. The quantitative estimate of drug-likeness (QED) is 0.786. The highest BCUT2D eigenvalue weighted by atomic mass is 32.2. The third-order valence-corrected chi connectivity index (χ3v) is 4.05. The van der Waals surface area contributed by atoms with Gasteiger partial charge in [-0.3, -0.25) is 18.9 Å². The summed E-state index contributed by atoms with van der Waals surface area (Å²) in [6, 6.07) is 0. The van der Waals surface area contributed by atoms with Crippen LogP contribution in [0, 0.1) is 6.92 Å². The molecule has 0 saturated carbocycles. The van der Waals surface area contributed by atoms with Crippen molar-refractivity contribution in [1.29, 1.82) is 0 Å². The lowest BCUT2D eigenvalue weighted by Crippen LogP contribution is -2.12. The van der Waals surface area contributed by atoms with Gasteiger partial charge in [-0.1, -0.05) is 0 Å². The van der Waals surface area contributed by atoms with E-state index in [0.717, 1.165) is 0 Å². The predicted octanol–water partition coefficient (Wildman–Crippen LogP) is 0.201. The first-order valence-electron chi connectivity index (χ1n) is 6.05. The maximum absolute atomic E-state index is 12.2. The van der Waals surface area contributed by atoms with E-state index in [9.17, 15) is 13.2 Å². The number of rotatable bonds is 6. The van der Waals surface area contributed by atoms with E-state index in [4.69, 9.17) is 5.11 Å². The lowest BCUT2D eigenvalue weighted by molar-refractivity contribution is -0.137. The molecular weight excluding hydrogens is 298 g/mol. The zero-order valence-electron chi connectivity index (χ0n) is 11.5. The molecule has 2 aromatic heterocycles. The molecule has 0 atom stereocenters. The summed E-state index contributed by atoms with van der Waals surface area (Å²) in [5.41, 5.74) is 0.940. The van der Waals surface area contributed by atoms with Gasteiger partial charge in [0, 0.05) is 19.4 Å². The van der Waals surface area contributed by atoms with Crippen LogP contribution in [0.3, 0.4) is 0 Å². The van der Waals surface area contributed by atoms with Crippen LogP contribution < -0.4 is 4.72 Å². The van der Waals surface area contributed by atoms with Gasteiger partial charge in [0.1, 0.15) is 4.90 Å². The maximum atomic E-state index is 12.2. The van der Waals surface area contributed by atoms with Crippen LogP contribution >= 0.6 is 0 Å². The summed E-state index contributed by atoms with van der Waals surface area (Å²) in [6.45, 7) is 1.80. The summed E-state index contributed by atoms with van der Waals surface area (Å²) < 4.78 is 29.6. The zero-order valence-corrected chi connectivity index (χ0v) is 12.3. The topological polar surface area (TPSA) is 119 Å². The third-order valence-electron chi connectivity index (χ3n) is 2.73. The average Bonchev–Trinajstić information content (AvgIpc) is 2.94. The minimum absolute atomic E-state index is 0.0314. The highest BCUT2D eigenvalue weighted by Crippen LogP contribution is 2.17. The Morgan fingerprint density at radius 3 is 2.71 bits per heavy atom. The Hall–Kier alpha value is -2.36. The van der Waals surface area contributed by atoms with Gasteiger partial charge in [0.15, 0.2) is 0 Å². The first kappa shape index (κ1) is 15.0. The Kier molecular flexibility index (Phi) is 3.98. The fourth-order valence-electron chi connectivity index (χ4n) is 1.72. The molecule has 0 radical (unpaired) electrons. The number of carboxylic acids is 1. The van der Waals surface area contributed by atoms with E-state index in [1.165, 1.54) is 21.8 Å². The Labute approximate surface area is 121 Å². The smallest absolute Gasteiger partial charge is 0.305 e. The summed E-state index contributed by atoms with van der Waals surface area (Å²) in [4.78, 5) is 10.4. The Bertz CT molecular complexity index is 761. The number of aliphatic carboxylic acids is 1. The van der Waals surface area contributed by atoms with E-state index in [2.05, 4.69) is 14.9 Å². The average molecular weight is 313 g/mol. The van der Waals surface area contributed by atoms with Crippen LogP contribution in [0.5, 0.6) is 0 Å². The van der Waals surface area contributed by atoms with Gasteiger partial charge in [0.05, 0.1) is 30.5 Å². The Morgan fingerprint density at radius 2 is 2.14 bits per heavy atom. The molecule has 0 amide bonds. The molecule has 0 aliphatic heterocycles. The lowest BCUT2D eigenvalue weighted by Gasteiger charge is -2.04. The third kappa shape index (κ3) is 3.60. The number of hydrogen-bond acceptors (Lipinski definition) is 5.